The molecule has 23 heavy (non-hydrogen) atoms. The van der Waals surface area contributed by atoms with Gasteiger partial charge in [0, 0.05) is 18.1 Å². The number of benzene rings is 1. The molecular formula is C16H19ClN4OS. The maximum atomic E-state index is 11.6. The molecule has 1 aromatic carbocycles. The van der Waals surface area contributed by atoms with Gasteiger partial charge in [0.1, 0.15) is 5.78 Å². The van der Waals surface area contributed by atoms with Gasteiger partial charge >= 0.3 is 0 Å². The molecule has 0 amide bonds. The summed E-state index contributed by atoms with van der Waals surface area (Å²) in [5.41, 5.74) is 0.919. The molecule has 1 saturated heterocycles. The van der Waals surface area contributed by atoms with E-state index < -0.39 is 0 Å². The lowest BCUT2D eigenvalue weighted by molar-refractivity contribution is -0.116. The average molecular weight is 351 g/mol. The summed E-state index contributed by atoms with van der Waals surface area (Å²) in [6, 6.07) is 7.63. The van der Waals surface area contributed by atoms with Gasteiger partial charge in [-0.1, -0.05) is 29.4 Å². The number of carbonyl (C=O) groups excluding carboxylic acids is 1. The van der Waals surface area contributed by atoms with Crippen molar-refractivity contribution in [3.8, 4) is 5.69 Å². The third-order valence-electron chi connectivity index (χ3n) is 3.93. The van der Waals surface area contributed by atoms with Crippen LogP contribution in [0.5, 0.6) is 0 Å². The van der Waals surface area contributed by atoms with Gasteiger partial charge in [-0.05, 0) is 44.9 Å². The Hall–Kier alpha value is -1.53. The lowest BCUT2D eigenvalue weighted by atomic mass is 10.3. The van der Waals surface area contributed by atoms with Crippen LogP contribution in [0.3, 0.4) is 0 Å². The van der Waals surface area contributed by atoms with Gasteiger partial charge in [0.15, 0.2) is 5.16 Å². The third kappa shape index (κ3) is 3.53. The normalized spacial score (nSPS) is 15.9. The molecule has 122 valence electrons. The molecule has 1 fully saturated rings. The molecule has 0 bridgehead atoms. The lowest BCUT2D eigenvalue weighted by Crippen LogP contribution is -2.22. The Labute approximate surface area is 145 Å². The average Bonchev–Trinajstić information content (AvgIpc) is 3.15. The van der Waals surface area contributed by atoms with E-state index >= 15 is 0 Å². The molecule has 1 unspecified atom stereocenters. The molecule has 1 aromatic heterocycles. The van der Waals surface area contributed by atoms with Gasteiger partial charge in [-0.15, -0.1) is 10.2 Å². The van der Waals surface area contributed by atoms with Crippen molar-refractivity contribution in [1.29, 1.82) is 0 Å². The maximum absolute atomic E-state index is 11.6. The Kier molecular flexibility index (Phi) is 4.92. The van der Waals surface area contributed by atoms with E-state index in [1.165, 1.54) is 11.8 Å². The number of aromatic nitrogens is 3. The zero-order chi connectivity index (χ0) is 16.4. The highest BCUT2D eigenvalue weighted by Crippen LogP contribution is 2.31. The quantitative estimate of drug-likeness (QED) is 0.771. The molecule has 2 aromatic rings. The highest BCUT2D eigenvalue weighted by molar-refractivity contribution is 8.00. The Bertz CT molecular complexity index is 712. The van der Waals surface area contributed by atoms with Crippen LogP contribution < -0.4 is 4.90 Å². The monoisotopic (exact) mass is 350 g/mol. The summed E-state index contributed by atoms with van der Waals surface area (Å²) >= 11 is 7.58. The molecule has 5 nitrogen and oxygen atoms in total. The van der Waals surface area contributed by atoms with Gasteiger partial charge in [-0.2, -0.15) is 0 Å². The van der Waals surface area contributed by atoms with Crippen molar-refractivity contribution in [3.05, 3.63) is 29.3 Å². The summed E-state index contributed by atoms with van der Waals surface area (Å²) in [4.78, 5) is 13.8. The van der Waals surface area contributed by atoms with Crippen LogP contribution in [0.1, 0.15) is 26.7 Å². The van der Waals surface area contributed by atoms with Gasteiger partial charge in [0.05, 0.1) is 10.9 Å². The molecule has 2 heterocycles. The first-order valence-electron chi connectivity index (χ1n) is 7.69. The molecule has 1 aliphatic rings. The van der Waals surface area contributed by atoms with Crippen molar-refractivity contribution in [1.82, 2.24) is 14.8 Å². The zero-order valence-electron chi connectivity index (χ0n) is 13.2. The molecule has 3 rings (SSSR count). The standard InChI is InChI=1S/C16H19ClN4OS/c1-11(22)12(2)23-16-19-18-15(20-8-3-4-9-20)21(16)14-7-5-6-13(17)10-14/h5-7,10,12H,3-4,8-9H2,1-2H3. The number of anilines is 1. The SMILES string of the molecule is CC(=O)C(C)Sc1nnc(N2CCCC2)n1-c1cccc(Cl)c1. The predicted octanol–water partition coefficient (Wildman–Crippen LogP) is 3.59. The summed E-state index contributed by atoms with van der Waals surface area (Å²) in [6.45, 7) is 5.44. The van der Waals surface area contributed by atoms with E-state index in [0.29, 0.717) is 5.02 Å². The first-order valence-corrected chi connectivity index (χ1v) is 8.95. The summed E-state index contributed by atoms with van der Waals surface area (Å²) in [5.74, 6) is 0.946. The Morgan fingerprint density at radius 2 is 2.04 bits per heavy atom. The first kappa shape index (κ1) is 16.3. The van der Waals surface area contributed by atoms with Crippen LogP contribution >= 0.6 is 23.4 Å². The minimum absolute atomic E-state index is 0.123. The Morgan fingerprint density at radius 1 is 1.30 bits per heavy atom. The number of nitrogens with zero attached hydrogens (tertiary/aromatic N) is 4. The van der Waals surface area contributed by atoms with Crippen molar-refractivity contribution < 1.29 is 4.79 Å². The Morgan fingerprint density at radius 3 is 2.70 bits per heavy atom. The molecule has 0 N–H and O–H groups in total. The number of thioether (sulfide) groups is 1. The van der Waals surface area contributed by atoms with E-state index in [0.717, 1.165) is 42.7 Å². The number of ketones is 1. The van der Waals surface area contributed by atoms with Crippen molar-refractivity contribution in [3.63, 3.8) is 0 Å². The topological polar surface area (TPSA) is 51.0 Å². The number of carbonyl (C=O) groups is 1. The van der Waals surface area contributed by atoms with Crippen molar-refractivity contribution in [2.75, 3.05) is 18.0 Å². The van der Waals surface area contributed by atoms with Crippen LogP contribution in [0.25, 0.3) is 5.69 Å². The second kappa shape index (κ2) is 6.93. The number of hydrogen-bond acceptors (Lipinski definition) is 5. The van der Waals surface area contributed by atoms with Crippen LogP contribution in [-0.4, -0.2) is 38.9 Å². The summed E-state index contributed by atoms with van der Waals surface area (Å²) < 4.78 is 2.00. The molecule has 0 spiro atoms. The lowest BCUT2D eigenvalue weighted by Gasteiger charge is -2.19. The van der Waals surface area contributed by atoms with E-state index in [4.69, 9.17) is 11.6 Å². The van der Waals surface area contributed by atoms with Crippen molar-refractivity contribution in [2.45, 2.75) is 37.1 Å². The molecule has 0 aliphatic carbocycles. The number of halogens is 1. The highest BCUT2D eigenvalue weighted by Gasteiger charge is 2.24. The van der Waals surface area contributed by atoms with E-state index in [1.54, 1.807) is 6.92 Å². The fourth-order valence-corrected chi connectivity index (χ4v) is 3.59. The largest absolute Gasteiger partial charge is 0.341 e. The molecule has 0 radical (unpaired) electrons. The zero-order valence-corrected chi connectivity index (χ0v) is 14.8. The van der Waals surface area contributed by atoms with Gasteiger partial charge in [0.2, 0.25) is 5.95 Å². The minimum atomic E-state index is -0.163. The molecule has 0 saturated carbocycles. The summed E-state index contributed by atoms with van der Waals surface area (Å²) in [6.07, 6.45) is 2.32. The highest BCUT2D eigenvalue weighted by atomic mass is 35.5. The van der Waals surface area contributed by atoms with Gasteiger partial charge in [0.25, 0.3) is 0 Å². The summed E-state index contributed by atoms with van der Waals surface area (Å²) in [7, 11) is 0. The maximum Gasteiger partial charge on any atom is 0.232 e. The molecule has 1 atom stereocenters. The van der Waals surface area contributed by atoms with E-state index in [2.05, 4.69) is 15.1 Å². The van der Waals surface area contributed by atoms with E-state index in [9.17, 15) is 4.79 Å². The molecular weight excluding hydrogens is 332 g/mol. The third-order valence-corrected chi connectivity index (χ3v) is 5.32. The van der Waals surface area contributed by atoms with Gasteiger partial charge < -0.3 is 4.90 Å². The number of hydrogen-bond donors (Lipinski definition) is 0. The fourth-order valence-electron chi connectivity index (χ4n) is 2.54. The van der Waals surface area contributed by atoms with Crippen LogP contribution in [0.15, 0.2) is 29.4 Å². The van der Waals surface area contributed by atoms with E-state index in [-0.39, 0.29) is 11.0 Å². The van der Waals surface area contributed by atoms with E-state index in [1.807, 2.05) is 35.8 Å². The molecule has 7 heteroatoms. The van der Waals surface area contributed by atoms with Crippen LogP contribution in [0.4, 0.5) is 5.95 Å². The Balaban J connectivity index is 2.04. The van der Waals surface area contributed by atoms with Crippen molar-refractivity contribution in [2.24, 2.45) is 0 Å². The molecule has 1 aliphatic heterocycles. The minimum Gasteiger partial charge on any atom is -0.341 e. The smallest absolute Gasteiger partial charge is 0.232 e. The van der Waals surface area contributed by atoms with Gasteiger partial charge in [-0.25, -0.2) is 0 Å². The van der Waals surface area contributed by atoms with Gasteiger partial charge in [-0.3, -0.25) is 9.36 Å². The summed E-state index contributed by atoms with van der Waals surface area (Å²) in [5, 5.41) is 9.93. The fraction of sp³-hybridized carbons (Fsp3) is 0.438. The number of Topliss-reactive ketones (excluding diaryl/α,β-unsaturated/α-hetero) is 1. The number of rotatable bonds is 5. The first-order chi connectivity index (χ1) is 11.1. The predicted molar refractivity (Wildman–Crippen MR) is 93.8 cm³/mol. The van der Waals surface area contributed by atoms with Crippen LogP contribution in [0, 0.1) is 0 Å². The van der Waals surface area contributed by atoms with Crippen LogP contribution in [-0.2, 0) is 4.79 Å². The van der Waals surface area contributed by atoms with Crippen LogP contribution in [0.2, 0.25) is 5.02 Å². The second-order valence-corrected chi connectivity index (χ2v) is 7.41. The van der Waals surface area contributed by atoms with Crippen molar-refractivity contribution >= 4 is 35.1 Å². The second-order valence-electron chi connectivity index (χ2n) is 5.66.